The lowest BCUT2D eigenvalue weighted by Gasteiger charge is -2.19. The summed E-state index contributed by atoms with van der Waals surface area (Å²) in [4.78, 5) is 24.2. The van der Waals surface area contributed by atoms with Crippen molar-refractivity contribution >= 4 is 21.8 Å². The van der Waals surface area contributed by atoms with Crippen LogP contribution in [-0.2, 0) is 19.6 Å². The molecule has 0 saturated heterocycles. The Labute approximate surface area is 125 Å². The number of nitrogens with one attached hydrogen (secondary N) is 2. The molecule has 1 unspecified atom stereocenters. The molecule has 0 aromatic rings. The predicted molar refractivity (Wildman–Crippen MR) is 78.8 cm³/mol. The zero-order chi connectivity index (χ0) is 15.5. The van der Waals surface area contributed by atoms with Crippen LogP contribution >= 0.6 is 0 Å². The molecule has 2 fully saturated rings. The van der Waals surface area contributed by atoms with Crippen LogP contribution in [-0.4, -0.2) is 31.5 Å². The molecule has 2 aliphatic carbocycles. The lowest BCUT2D eigenvalue weighted by atomic mass is 10.1. The van der Waals surface area contributed by atoms with E-state index in [9.17, 15) is 18.0 Å². The van der Waals surface area contributed by atoms with Crippen LogP contribution in [0.3, 0.4) is 0 Å². The van der Waals surface area contributed by atoms with E-state index in [0.29, 0.717) is 12.8 Å². The molecule has 0 aromatic heterocycles. The first-order chi connectivity index (χ1) is 9.94. The van der Waals surface area contributed by atoms with E-state index in [0.717, 1.165) is 25.7 Å². The molecule has 6 nitrogen and oxygen atoms in total. The fourth-order valence-electron chi connectivity index (χ4n) is 2.55. The molecule has 0 spiro atoms. The minimum absolute atomic E-state index is 0.0647. The second kappa shape index (κ2) is 6.60. The smallest absolute Gasteiger partial charge is 0.256 e. The molecule has 21 heavy (non-hydrogen) atoms. The summed E-state index contributed by atoms with van der Waals surface area (Å²) in [7, 11) is -3.59. The van der Waals surface area contributed by atoms with Crippen LogP contribution in [0.4, 0.5) is 0 Å². The highest BCUT2D eigenvalue weighted by Gasteiger charge is 2.38. The van der Waals surface area contributed by atoms with Crippen LogP contribution < -0.4 is 10.0 Å². The van der Waals surface area contributed by atoms with Gasteiger partial charge in [0.1, 0.15) is 6.04 Å². The maximum absolute atomic E-state index is 12.1. The Bertz CT molecular complexity index is 519. The topological polar surface area (TPSA) is 92.3 Å². The quantitative estimate of drug-likeness (QED) is 0.681. The van der Waals surface area contributed by atoms with E-state index in [4.69, 9.17) is 0 Å². The molecule has 0 radical (unpaired) electrons. The summed E-state index contributed by atoms with van der Waals surface area (Å²) in [5, 5.41) is 2.19. The predicted octanol–water partition coefficient (Wildman–Crippen LogP) is 0.846. The molecule has 2 amide bonds. The summed E-state index contributed by atoms with van der Waals surface area (Å²) in [5.74, 6) is -0.906. The van der Waals surface area contributed by atoms with E-state index in [1.165, 1.54) is 6.08 Å². The number of carbonyl (C=O) groups is 2. The molecule has 0 aromatic carbocycles. The van der Waals surface area contributed by atoms with E-state index in [2.05, 4.69) is 16.6 Å². The molecule has 118 valence electrons. The van der Waals surface area contributed by atoms with Crippen LogP contribution in [0, 0.1) is 5.92 Å². The van der Waals surface area contributed by atoms with Crippen molar-refractivity contribution in [2.45, 2.75) is 56.2 Å². The number of rotatable bonds is 7. The van der Waals surface area contributed by atoms with Gasteiger partial charge in [-0.1, -0.05) is 18.9 Å². The Morgan fingerprint density at radius 3 is 2.33 bits per heavy atom. The number of carbonyl (C=O) groups excluding carboxylic acids is 2. The first kappa shape index (κ1) is 16.0. The van der Waals surface area contributed by atoms with Gasteiger partial charge in [0.15, 0.2) is 0 Å². The van der Waals surface area contributed by atoms with E-state index in [1.807, 2.05) is 0 Å². The zero-order valence-corrected chi connectivity index (χ0v) is 12.8. The largest absolute Gasteiger partial charge is 0.344 e. The molecule has 2 saturated carbocycles. The highest BCUT2D eigenvalue weighted by Crippen LogP contribution is 2.27. The summed E-state index contributed by atoms with van der Waals surface area (Å²) >= 11 is 0. The third-order valence-electron chi connectivity index (χ3n) is 3.97. The fourth-order valence-corrected chi connectivity index (χ4v) is 3.89. The number of hydrogen-bond acceptors (Lipinski definition) is 4. The van der Waals surface area contributed by atoms with E-state index >= 15 is 0 Å². The van der Waals surface area contributed by atoms with Crippen molar-refractivity contribution in [3.05, 3.63) is 12.7 Å². The van der Waals surface area contributed by atoms with Gasteiger partial charge in [0.05, 0.1) is 5.25 Å². The van der Waals surface area contributed by atoms with Gasteiger partial charge in [0.25, 0.3) is 5.91 Å². The normalized spacial score (nSPS) is 20.8. The van der Waals surface area contributed by atoms with Gasteiger partial charge in [-0.2, -0.15) is 0 Å². The van der Waals surface area contributed by atoms with Gasteiger partial charge in [-0.3, -0.25) is 14.3 Å². The molecular weight excluding hydrogens is 292 g/mol. The molecule has 1 atom stereocenters. The van der Waals surface area contributed by atoms with E-state index in [1.54, 1.807) is 0 Å². The Hall–Kier alpha value is -1.37. The van der Waals surface area contributed by atoms with Gasteiger partial charge < -0.3 is 5.32 Å². The van der Waals surface area contributed by atoms with Crippen molar-refractivity contribution in [3.63, 3.8) is 0 Å². The van der Waals surface area contributed by atoms with Gasteiger partial charge in [0.2, 0.25) is 15.9 Å². The van der Waals surface area contributed by atoms with Gasteiger partial charge >= 0.3 is 0 Å². The van der Waals surface area contributed by atoms with Gasteiger partial charge in [-0.15, -0.1) is 6.58 Å². The molecule has 0 aliphatic heterocycles. The molecule has 2 aliphatic rings. The summed E-state index contributed by atoms with van der Waals surface area (Å²) < 4.78 is 25.6. The first-order valence-electron chi connectivity index (χ1n) is 7.41. The van der Waals surface area contributed by atoms with Crippen LogP contribution in [0.1, 0.15) is 44.9 Å². The molecule has 2 rings (SSSR count). The van der Waals surface area contributed by atoms with Crippen molar-refractivity contribution in [3.8, 4) is 0 Å². The monoisotopic (exact) mass is 314 g/mol. The maximum Gasteiger partial charge on any atom is 0.256 e. The van der Waals surface area contributed by atoms with Crippen LogP contribution in [0.2, 0.25) is 0 Å². The average Bonchev–Trinajstić information content (AvgIpc) is 3.14. The lowest BCUT2D eigenvalue weighted by Crippen LogP contribution is -2.50. The van der Waals surface area contributed by atoms with Crippen LogP contribution in [0.15, 0.2) is 12.7 Å². The van der Waals surface area contributed by atoms with Crippen molar-refractivity contribution in [1.29, 1.82) is 0 Å². The Balaban J connectivity index is 1.95. The lowest BCUT2D eigenvalue weighted by molar-refractivity contribution is -0.130. The van der Waals surface area contributed by atoms with E-state index < -0.39 is 27.2 Å². The Morgan fingerprint density at radius 1 is 1.19 bits per heavy atom. The van der Waals surface area contributed by atoms with Crippen LogP contribution in [0.5, 0.6) is 0 Å². The number of hydrogen-bond donors (Lipinski definition) is 2. The van der Waals surface area contributed by atoms with Crippen molar-refractivity contribution < 1.29 is 18.0 Å². The summed E-state index contributed by atoms with van der Waals surface area (Å²) in [5.41, 5.74) is 0. The second-order valence-electron chi connectivity index (χ2n) is 5.78. The average molecular weight is 314 g/mol. The third kappa shape index (κ3) is 4.30. The van der Waals surface area contributed by atoms with Crippen molar-refractivity contribution in [1.82, 2.24) is 10.0 Å². The zero-order valence-electron chi connectivity index (χ0n) is 12.0. The minimum atomic E-state index is -3.59. The standard InChI is InChI=1S/C14H22N2O4S/c1-2-5-12(15-13(17)10-6-3-4-7-10)14(18)16-21(19,20)11-8-9-11/h2,10-12H,1,3-9H2,(H,15,17)(H,16,18). The SMILES string of the molecule is C=CCC(NC(=O)C1CCCC1)C(=O)NS(=O)(=O)C1CC1. The molecular formula is C14H22N2O4S. The molecule has 7 heteroatoms. The highest BCUT2D eigenvalue weighted by atomic mass is 32.2. The van der Waals surface area contributed by atoms with Gasteiger partial charge in [-0.05, 0) is 32.1 Å². The van der Waals surface area contributed by atoms with Crippen molar-refractivity contribution in [2.24, 2.45) is 5.92 Å². The summed E-state index contributed by atoms with van der Waals surface area (Å²) in [6.07, 6.45) is 6.59. The fraction of sp³-hybridized carbons (Fsp3) is 0.714. The van der Waals surface area contributed by atoms with Crippen LogP contribution in [0.25, 0.3) is 0 Å². The highest BCUT2D eigenvalue weighted by molar-refractivity contribution is 7.90. The Kier molecular flexibility index (Phi) is 5.03. The summed E-state index contributed by atoms with van der Waals surface area (Å²) in [6.45, 7) is 3.55. The third-order valence-corrected chi connectivity index (χ3v) is 5.80. The molecule has 0 bridgehead atoms. The van der Waals surface area contributed by atoms with Gasteiger partial charge in [-0.25, -0.2) is 8.42 Å². The van der Waals surface area contributed by atoms with Crippen molar-refractivity contribution in [2.75, 3.05) is 0 Å². The second-order valence-corrected chi connectivity index (χ2v) is 7.74. The first-order valence-corrected chi connectivity index (χ1v) is 8.95. The molecule has 2 N–H and O–H groups in total. The maximum atomic E-state index is 12.1. The van der Waals surface area contributed by atoms with E-state index in [-0.39, 0.29) is 18.2 Å². The molecule has 0 heterocycles. The minimum Gasteiger partial charge on any atom is -0.344 e. The summed E-state index contributed by atoms with van der Waals surface area (Å²) in [6, 6.07) is -0.871. The number of sulfonamides is 1. The Morgan fingerprint density at radius 2 is 1.81 bits per heavy atom. The van der Waals surface area contributed by atoms with Gasteiger partial charge in [0, 0.05) is 5.92 Å². The number of amides is 2.